The van der Waals surface area contributed by atoms with E-state index in [2.05, 4.69) is 30.7 Å². The van der Waals surface area contributed by atoms with Crippen LogP contribution < -0.4 is 4.74 Å². The van der Waals surface area contributed by atoms with Gasteiger partial charge in [0.2, 0.25) is 5.88 Å². The molecule has 0 unspecified atom stereocenters. The summed E-state index contributed by atoms with van der Waals surface area (Å²) in [5.41, 5.74) is 1.95. The predicted molar refractivity (Wildman–Crippen MR) is 70.9 cm³/mol. The summed E-state index contributed by atoms with van der Waals surface area (Å²) >= 11 is 5.33. The smallest absolute Gasteiger partial charge is 0.215 e. The topological polar surface area (TPSA) is 42.8 Å². The third-order valence-electron chi connectivity index (χ3n) is 2.43. The van der Waals surface area contributed by atoms with Gasteiger partial charge in [-0.15, -0.1) is 0 Å². The minimum atomic E-state index is 0.151. The van der Waals surface area contributed by atoms with Crippen LogP contribution in [0.2, 0.25) is 0 Å². The van der Waals surface area contributed by atoms with Gasteiger partial charge in [-0.1, -0.05) is 20.8 Å². The van der Waals surface area contributed by atoms with Crippen LogP contribution in [0.4, 0.5) is 0 Å². The molecule has 2 aromatic heterocycles. The van der Waals surface area contributed by atoms with Crippen LogP contribution in [0.5, 0.6) is 5.88 Å². The van der Waals surface area contributed by atoms with E-state index in [9.17, 15) is 0 Å². The van der Waals surface area contributed by atoms with Crippen molar-refractivity contribution in [2.45, 2.75) is 27.3 Å². The number of methoxy groups -OCH3 is 1. The number of fused-ring (bicyclic) bond motifs is 1. The van der Waals surface area contributed by atoms with Crippen molar-refractivity contribution >= 4 is 23.4 Å². The average molecular weight is 251 g/mol. The highest BCUT2D eigenvalue weighted by Gasteiger charge is 2.15. The van der Waals surface area contributed by atoms with E-state index >= 15 is 0 Å². The van der Waals surface area contributed by atoms with Crippen LogP contribution in [-0.4, -0.2) is 21.6 Å². The van der Waals surface area contributed by atoms with E-state index in [-0.39, 0.29) is 5.41 Å². The molecule has 0 aliphatic heterocycles. The largest absolute Gasteiger partial charge is 0.481 e. The zero-order valence-electron chi connectivity index (χ0n) is 10.6. The van der Waals surface area contributed by atoms with Crippen LogP contribution in [0.3, 0.4) is 0 Å². The van der Waals surface area contributed by atoms with Crippen molar-refractivity contribution in [3.05, 3.63) is 16.9 Å². The van der Waals surface area contributed by atoms with Crippen molar-refractivity contribution in [2.24, 2.45) is 5.41 Å². The zero-order valence-corrected chi connectivity index (χ0v) is 11.4. The quantitative estimate of drug-likeness (QED) is 0.834. The number of imidazole rings is 1. The second kappa shape index (κ2) is 4.14. The number of aromatic nitrogens is 3. The van der Waals surface area contributed by atoms with Gasteiger partial charge >= 0.3 is 0 Å². The minimum Gasteiger partial charge on any atom is -0.481 e. The lowest BCUT2D eigenvalue weighted by atomic mass is 9.97. The van der Waals surface area contributed by atoms with Gasteiger partial charge in [0.15, 0.2) is 10.4 Å². The fourth-order valence-corrected chi connectivity index (χ4v) is 2.01. The Balaban J connectivity index is 2.60. The van der Waals surface area contributed by atoms with E-state index in [4.69, 9.17) is 17.0 Å². The molecule has 2 heterocycles. The summed E-state index contributed by atoms with van der Waals surface area (Å²) < 4.78 is 7.87. The summed E-state index contributed by atoms with van der Waals surface area (Å²) in [5.74, 6) is 0.606. The number of hydrogen-bond acceptors (Lipinski definition) is 3. The zero-order chi connectivity index (χ0) is 12.6. The van der Waals surface area contributed by atoms with Crippen molar-refractivity contribution in [3.63, 3.8) is 0 Å². The van der Waals surface area contributed by atoms with Crippen LogP contribution in [0.25, 0.3) is 11.2 Å². The number of ether oxygens (including phenoxy) is 1. The number of aromatic amines is 1. The number of nitrogens with one attached hydrogen (secondary N) is 1. The van der Waals surface area contributed by atoms with Crippen LogP contribution >= 0.6 is 12.2 Å². The van der Waals surface area contributed by atoms with Gasteiger partial charge in [-0.25, -0.2) is 0 Å². The molecule has 0 spiro atoms. The maximum Gasteiger partial charge on any atom is 0.215 e. The second-order valence-electron chi connectivity index (χ2n) is 5.30. The first kappa shape index (κ1) is 12.1. The maximum absolute atomic E-state index is 5.33. The van der Waals surface area contributed by atoms with Crippen LogP contribution in [-0.2, 0) is 6.54 Å². The molecule has 0 atom stereocenters. The van der Waals surface area contributed by atoms with Crippen LogP contribution in [0, 0.1) is 10.2 Å². The molecule has 0 amide bonds. The molecule has 1 N–H and O–H groups in total. The van der Waals surface area contributed by atoms with Crippen molar-refractivity contribution in [3.8, 4) is 5.88 Å². The normalized spacial score (nSPS) is 12.0. The molecule has 0 aliphatic carbocycles. The van der Waals surface area contributed by atoms with E-state index in [1.165, 1.54) is 0 Å². The molecule has 0 saturated heterocycles. The fourth-order valence-electron chi connectivity index (χ4n) is 1.75. The third-order valence-corrected chi connectivity index (χ3v) is 2.76. The van der Waals surface area contributed by atoms with Gasteiger partial charge < -0.3 is 14.3 Å². The lowest BCUT2D eigenvalue weighted by molar-refractivity contribution is 0.344. The number of rotatable bonds is 2. The van der Waals surface area contributed by atoms with Gasteiger partial charge in [0.1, 0.15) is 0 Å². The SMILES string of the molecule is COc1ccc2[nH]c(=S)n(CC(C)(C)C)c2n1. The van der Waals surface area contributed by atoms with E-state index < -0.39 is 0 Å². The summed E-state index contributed by atoms with van der Waals surface area (Å²) in [6.07, 6.45) is 0. The highest BCUT2D eigenvalue weighted by molar-refractivity contribution is 7.71. The summed E-state index contributed by atoms with van der Waals surface area (Å²) in [4.78, 5) is 7.60. The molecule has 0 aromatic carbocycles. The van der Waals surface area contributed by atoms with E-state index in [1.54, 1.807) is 7.11 Å². The van der Waals surface area contributed by atoms with Gasteiger partial charge in [-0.05, 0) is 23.7 Å². The first-order chi connectivity index (χ1) is 7.90. The van der Waals surface area contributed by atoms with E-state index in [1.807, 2.05) is 16.7 Å². The third kappa shape index (κ3) is 2.49. The van der Waals surface area contributed by atoms with Crippen molar-refractivity contribution < 1.29 is 4.74 Å². The Labute approximate surface area is 106 Å². The summed E-state index contributed by atoms with van der Waals surface area (Å²) in [7, 11) is 1.61. The lowest BCUT2D eigenvalue weighted by Gasteiger charge is -2.18. The Morgan fingerprint density at radius 3 is 2.71 bits per heavy atom. The van der Waals surface area contributed by atoms with Crippen LogP contribution in [0.15, 0.2) is 12.1 Å². The Kier molecular flexibility index (Phi) is 2.95. The molecule has 0 radical (unpaired) electrons. The first-order valence-corrected chi connectivity index (χ1v) is 5.95. The lowest BCUT2D eigenvalue weighted by Crippen LogP contribution is -2.15. The highest BCUT2D eigenvalue weighted by Crippen LogP contribution is 2.22. The van der Waals surface area contributed by atoms with Gasteiger partial charge in [0, 0.05) is 12.6 Å². The van der Waals surface area contributed by atoms with Crippen molar-refractivity contribution in [2.75, 3.05) is 7.11 Å². The Bertz CT molecular complexity index is 592. The standard InChI is InChI=1S/C12H17N3OS/c1-12(2,3)7-15-10-8(13-11(15)17)5-6-9(14-10)16-4/h5-6H,7H2,1-4H3,(H,13,17). The number of nitrogens with zero attached hydrogens (tertiary/aromatic N) is 2. The highest BCUT2D eigenvalue weighted by atomic mass is 32.1. The summed E-state index contributed by atoms with van der Waals surface area (Å²) in [5, 5.41) is 0. The summed E-state index contributed by atoms with van der Waals surface area (Å²) in [6, 6.07) is 3.77. The molecule has 17 heavy (non-hydrogen) atoms. The number of hydrogen-bond donors (Lipinski definition) is 1. The molecule has 4 nitrogen and oxygen atoms in total. The Morgan fingerprint density at radius 1 is 1.41 bits per heavy atom. The predicted octanol–water partition coefficient (Wildman–Crippen LogP) is 3.15. The average Bonchev–Trinajstić information content (AvgIpc) is 2.53. The molecule has 0 fully saturated rings. The molecule has 2 aromatic rings. The molecule has 0 bridgehead atoms. The van der Waals surface area contributed by atoms with Gasteiger partial charge in [-0.3, -0.25) is 0 Å². The summed E-state index contributed by atoms with van der Waals surface area (Å²) in [6.45, 7) is 7.35. The minimum absolute atomic E-state index is 0.151. The molecular formula is C12H17N3OS. The van der Waals surface area contributed by atoms with E-state index in [0.29, 0.717) is 10.7 Å². The second-order valence-corrected chi connectivity index (χ2v) is 5.69. The Hall–Kier alpha value is -1.36. The molecule has 5 heteroatoms. The Morgan fingerprint density at radius 2 is 2.12 bits per heavy atom. The van der Waals surface area contributed by atoms with Crippen molar-refractivity contribution in [1.82, 2.24) is 14.5 Å². The molecule has 92 valence electrons. The van der Waals surface area contributed by atoms with Gasteiger partial charge in [-0.2, -0.15) is 4.98 Å². The maximum atomic E-state index is 5.33. The van der Waals surface area contributed by atoms with Gasteiger partial charge in [0.25, 0.3) is 0 Å². The van der Waals surface area contributed by atoms with Crippen molar-refractivity contribution in [1.29, 1.82) is 0 Å². The van der Waals surface area contributed by atoms with Gasteiger partial charge in [0.05, 0.1) is 12.6 Å². The van der Waals surface area contributed by atoms with E-state index in [0.717, 1.165) is 17.7 Å². The number of H-pyrrole nitrogens is 1. The molecular weight excluding hydrogens is 234 g/mol. The molecule has 0 saturated carbocycles. The van der Waals surface area contributed by atoms with Crippen LogP contribution in [0.1, 0.15) is 20.8 Å². The fraction of sp³-hybridized carbons (Fsp3) is 0.500. The number of pyridine rings is 1. The monoisotopic (exact) mass is 251 g/mol. The molecule has 2 rings (SSSR count). The first-order valence-electron chi connectivity index (χ1n) is 5.54. The molecule has 0 aliphatic rings.